The summed E-state index contributed by atoms with van der Waals surface area (Å²) >= 11 is 0. The van der Waals surface area contributed by atoms with Crippen molar-refractivity contribution in [3.8, 4) is 0 Å². The quantitative estimate of drug-likeness (QED) is 0.0994. The van der Waals surface area contributed by atoms with Gasteiger partial charge >= 0.3 is 16.3 Å². The lowest BCUT2D eigenvalue weighted by Crippen LogP contribution is -2.74. The fourth-order valence-corrected chi connectivity index (χ4v) is 2.92. The third-order valence-corrected chi connectivity index (χ3v) is 4.30. The lowest BCUT2D eigenvalue weighted by atomic mass is 9.92. The van der Waals surface area contributed by atoms with Crippen LogP contribution in [0.2, 0.25) is 0 Å². The largest absolute Gasteiger partial charge is 0.480 e. The third-order valence-electron chi connectivity index (χ3n) is 3.30. The van der Waals surface area contributed by atoms with Gasteiger partial charge < -0.3 is 9.94 Å². The van der Waals surface area contributed by atoms with Gasteiger partial charge in [0.05, 0.1) is 6.04 Å². The van der Waals surface area contributed by atoms with Gasteiger partial charge in [0.15, 0.2) is 11.3 Å². The van der Waals surface area contributed by atoms with E-state index < -0.39 is 45.6 Å². The number of nitrogens with two attached hydrogens (primary N) is 1. The van der Waals surface area contributed by atoms with E-state index in [0.29, 0.717) is 0 Å². The molecule has 12 heteroatoms. The second-order valence-electron chi connectivity index (χ2n) is 4.69. The Hall–Kier alpha value is -2.02. The standard InChI is InChI=1S/C10H15N3O8S/c1-5-7(8(15)13(5)22(18,19)20)12-10(2,9(16)17)6(21-11)3-4-14/h3-5,7,12H,11H2,1-2H3,(H,16,17)(H,18,19,20). The number of carbonyl (C=O) groups excluding carboxylic acids is 2. The highest BCUT2D eigenvalue weighted by Crippen LogP contribution is 2.27. The van der Waals surface area contributed by atoms with Crippen LogP contribution >= 0.6 is 0 Å². The van der Waals surface area contributed by atoms with Crippen LogP contribution in [0, 0.1) is 0 Å². The van der Waals surface area contributed by atoms with Crippen molar-refractivity contribution in [1.29, 1.82) is 0 Å². The molecule has 1 aliphatic rings. The predicted octanol–water partition coefficient (Wildman–Crippen LogP) is -2.21. The van der Waals surface area contributed by atoms with E-state index in [2.05, 4.69) is 10.2 Å². The zero-order valence-electron chi connectivity index (χ0n) is 11.6. The van der Waals surface area contributed by atoms with E-state index >= 15 is 0 Å². The number of hydrogen-bond acceptors (Lipinski definition) is 8. The molecular formula is C10H15N3O8S. The van der Waals surface area contributed by atoms with Gasteiger partial charge in [-0.15, -0.1) is 0 Å². The third kappa shape index (κ3) is 2.94. The van der Waals surface area contributed by atoms with Crippen molar-refractivity contribution in [3.63, 3.8) is 0 Å². The van der Waals surface area contributed by atoms with Crippen LogP contribution in [-0.2, 0) is 29.5 Å². The van der Waals surface area contributed by atoms with E-state index in [0.717, 1.165) is 13.0 Å². The average molecular weight is 337 g/mol. The second-order valence-corrected chi connectivity index (χ2v) is 5.98. The number of carboxylic acids is 1. The van der Waals surface area contributed by atoms with Crippen molar-refractivity contribution in [2.24, 2.45) is 5.90 Å². The first-order valence-electron chi connectivity index (χ1n) is 5.85. The molecule has 1 heterocycles. The number of amides is 1. The number of aliphatic carboxylic acids is 1. The molecule has 5 N–H and O–H groups in total. The number of nitrogens with zero attached hydrogens (tertiary/aromatic N) is 1. The second kappa shape index (κ2) is 6.00. The normalized spacial score (nSPS) is 25.2. The summed E-state index contributed by atoms with van der Waals surface area (Å²) in [5.41, 5.74) is -2.06. The maximum absolute atomic E-state index is 11.8. The number of hydrogen-bond donors (Lipinski definition) is 4. The Bertz CT molecular complexity index is 630. The Morgan fingerprint density at radius 1 is 1.55 bits per heavy atom. The Labute approximate surface area is 125 Å². The number of rotatable bonds is 7. The van der Waals surface area contributed by atoms with Crippen LogP contribution in [0.5, 0.6) is 0 Å². The van der Waals surface area contributed by atoms with Crippen LogP contribution in [0.1, 0.15) is 13.8 Å². The number of allylic oxidation sites excluding steroid dienone is 1. The molecule has 3 unspecified atom stereocenters. The zero-order valence-corrected chi connectivity index (χ0v) is 12.4. The minimum atomic E-state index is -4.74. The predicted molar refractivity (Wildman–Crippen MR) is 70.2 cm³/mol. The number of carboxylic acid groups (broad SMARTS) is 1. The van der Waals surface area contributed by atoms with Gasteiger partial charge in [0.2, 0.25) is 0 Å². The van der Waals surface area contributed by atoms with Gasteiger partial charge in [-0.1, -0.05) is 0 Å². The molecule has 11 nitrogen and oxygen atoms in total. The van der Waals surface area contributed by atoms with Crippen LogP contribution in [0.25, 0.3) is 0 Å². The van der Waals surface area contributed by atoms with Gasteiger partial charge in [-0.3, -0.25) is 19.5 Å². The van der Waals surface area contributed by atoms with Crippen molar-refractivity contribution in [2.75, 3.05) is 0 Å². The van der Waals surface area contributed by atoms with Crippen LogP contribution in [-0.4, -0.2) is 58.2 Å². The number of β-lactam (4-membered cyclic amide) rings is 1. The van der Waals surface area contributed by atoms with E-state index in [9.17, 15) is 27.9 Å². The topological polar surface area (TPSA) is 176 Å². The number of nitrogens with one attached hydrogen (secondary N) is 1. The maximum atomic E-state index is 11.8. The van der Waals surface area contributed by atoms with Gasteiger partial charge in [-0.2, -0.15) is 14.3 Å². The van der Waals surface area contributed by atoms with Gasteiger partial charge in [-0.05, 0) is 13.8 Å². The molecule has 1 fully saturated rings. The van der Waals surface area contributed by atoms with Crippen molar-refractivity contribution in [3.05, 3.63) is 11.8 Å². The molecule has 0 bridgehead atoms. The summed E-state index contributed by atoms with van der Waals surface area (Å²) in [5.74, 6) is 1.87. The van der Waals surface area contributed by atoms with Crippen LogP contribution in [0.15, 0.2) is 11.8 Å². The summed E-state index contributed by atoms with van der Waals surface area (Å²) in [7, 11) is -4.74. The summed E-state index contributed by atoms with van der Waals surface area (Å²) in [5, 5.41) is 11.6. The molecule has 0 aromatic rings. The molecule has 1 aliphatic heterocycles. The maximum Gasteiger partial charge on any atom is 0.362 e. The van der Waals surface area contributed by atoms with Crippen LogP contribution in [0.4, 0.5) is 0 Å². The lowest BCUT2D eigenvalue weighted by Gasteiger charge is -2.45. The molecule has 1 saturated heterocycles. The molecule has 3 atom stereocenters. The van der Waals surface area contributed by atoms with Crippen molar-refractivity contribution >= 4 is 28.5 Å². The lowest BCUT2D eigenvalue weighted by molar-refractivity contribution is -0.149. The van der Waals surface area contributed by atoms with E-state index in [4.69, 9.17) is 10.4 Å². The van der Waals surface area contributed by atoms with Crippen molar-refractivity contribution in [2.45, 2.75) is 31.5 Å². The highest BCUT2D eigenvalue weighted by Gasteiger charge is 2.55. The molecule has 1 rings (SSSR count). The summed E-state index contributed by atoms with van der Waals surface area (Å²) in [6.07, 6.45) is 0.983. The number of aldehydes is 1. The molecule has 1 amide bonds. The Morgan fingerprint density at radius 2 is 2.09 bits per heavy atom. The van der Waals surface area contributed by atoms with Crippen LogP contribution in [0.3, 0.4) is 0 Å². The summed E-state index contributed by atoms with van der Waals surface area (Å²) in [4.78, 5) is 38.0. The average Bonchev–Trinajstić information content (AvgIpc) is 2.40. The van der Waals surface area contributed by atoms with E-state index in [1.54, 1.807) is 0 Å². The van der Waals surface area contributed by atoms with Gasteiger partial charge in [0.25, 0.3) is 5.91 Å². The minimum Gasteiger partial charge on any atom is -0.480 e. The van der Waals surface area contributed by atoms with Crippen molar-refractivity contribution in [1.82, 2.24) is 9.62 Å². The first kappa shape index (κ1) is 18.0. The van der Waals surface area contributed by atoms with Gasteiger partial charge in [-0.25, -0.2) is 9.10 Å². The summed E-state index contributed by atoms with van der Waals surface area (Å²) < 4.78 is 31.0. The van der Waals surface area contributed by atoms with Gasteiger partial charge in [0, 0.05) is 6.08 Å². The first-order chi connectivity index (χ1) is 10.0. The highest BCUT2D eigenvalue weighted by molar-refractivity contribution is 7.84. The monoisotopic (exact) mass is 337 g/mol. The Kier molecular flexibility index (Phi) is 4.92. The molecule has 0 spiro atoms. The van der Waals surface area contributed by atoms with E-state index in [1.807, 2.05) is 0 Å². The molecule has 0 aromatic carbocycles. The number of carbonyl (C=O) groups is 3. The Balaban J connectivity index is 3.10. The zero-order chi connectivity index (χ0) is 17.3. The molecule has 0 aromatic heterocycles. The SMILES string of the molecule is CC1C(NC(C)(C(=O)O)C(=CC=O)ON)C(=O)N1S(=O)(=O)O. The van der Waals surface area contributed by atoms with E-state index in [-0.39, 0.29) is 10.6 Å². The molecule has 124 valence electrons. The van der Waals surface area contributed by atoms with Crippen molar-refractivity contribution < 1.29 is 37.3 Å². The fraction of sp³-hybridized carbons (Fsp3) is 0.500. The first-order valence-corrected chi connectivity index (χ1v) is 7.24. The van der Waals surface area contributed by atoms with E-state index in [1.165, 1.54) is 6.92 Å². The minimum absolute atomic E-state index is 0.194. The highest BCUT2D eigenvalue weighted by atomic mass is 32.2. The van der Waals surface area contributed by atoms with Crippen LogP contribution < -0.4 is 11.2 Å². The fourth-order valence-electron chi connectivity index (χ4n) is 2.04. The van der Waals surface area contributed by atoms with Gasteiger partial charge in [0.1, 0.15) is 12.3 Å². The molecule has 0 aliphatic carbocycles. The molecule has 0 saturated carbocycles. The smallest absolute Gasteiger partial charge is 0.362 e. The molecular weight excluding hydrogens is 322 g/mol. The summed E-state index contributed by atoms with van der Waals surface area (Å²) in [6.45, 7) is 2.36. The molecule has 0 radical (unpaired) electrons. The summed E-state index contributed by atoms with van der Waals surface area (Å²) in [6, 6.07) is -2.29. The Morgan fingerprint density at radius 3 is 2.41 bits per heavy atom. The molecule has 22 heavy (non-hydrogen) atoms.